The third kappa shape index (κ3) is 4.48. The number of nitrogen functional groups attached to an aromatic ring is 1. The van der Waals surface area contributed by atoms with Crippen molar-refractivity contribution in [2.45, 2.75) is 13.0 Å². The third-order valence-corrected chi connectivity index (χ3v) is 5.89. The number of aromatic nitrogens is 1. The van der Waals surface area contributed by atoms with Gasteiger partial charge in [-0.25, -0.2) is 14.6 Å². The number of anilines is 3. The topological polar surface area (TPSA) is 138 Å². The van der Waals surface area contributed by atoms with E-state index >= 15 is 0 Å². The largest absolute Gasteiger partial charge is 0.478 e. The molecule has 0 fully saturated rings. The van der Waals surface area contributed by atoms with Gasteiger partial charge in [0, 0.05) is 23.5 Å². The Labute approximate surface area is 181 Å². The van der Waals surface area contributed by atoms with Crippen molar-refractivity contribution in [3.05, 3.63) is 69.7 Å². The molecule has 0 bridgehead atoms. The maximum Gasteiger partial charge on any atom is 0.335 e. The second kappa shape index (κ2) is 8.44. The molecule has 31 heavy (non-hydrogen) atoms. The molecule has 0 saturated heterocycles. The number of benzene rings is 2. The fourth-order valence-electron chi connectivity index (χ4n) is 3.15. The summed E-state index contributed by atoms with van der Waals surface area (Å²) in [4.78, 5) is 43.0. The predicted molar refractivity (Wildman–Crippen MR) is 117 cm³/mol. The van der Waals surface area contributed by atoms with Crippen LogP contribution in [0.3, 0.4) is 0 Å². The van der Waals surface area contributed by atoms with E-state index in [1.807, 2.05) is 0 Å². The number of carboxylic acid groups (broad SMARTS) is 1. The van der Waals surface area contributed by atoms with E-state index < -0.39 is 5.97 Å². The molecular weight excluding hydrogens is 418 g/mol. The molecule has 2 heterocycles. The average Bonchev–Trinajstić information content (AvgIpc) is 3.19. The molecule has 10 heteroatoms. The first-order chi connectivity index (χ1) is 14.9. The number of carboxylic acids is 1. The summed E-state index contributed by atoms with van der Waals surface area (Å²) in [5.74, 6) is -1.37. The number of rotatable bonds is 4. The van der Waals surface area contributed by atoms with Gasteiger partial charge in [-0.3, -0.25) is 4.79 Å². The van der Waals surface area contributed by atoms with Crippen LogP contribution in [0, 0.1) is 0 Å². The van der Waals surface area contributed by atoms with Crippen LogP contribution in [0.15, 0.2) is 48.5 Å². The van der Waals surface area contributed by atoms with Crippen molar-refractivity contribution in [1.29, 1.82) is 0 Å². The molecule has 9 nitrogen and oxygen atoms in total. The molecule has 3 amide bonds. The zero-order valence-corrected chi connectivity index (χ0v) is 17.1. The van der Waals surface area contributed by atoms with Crippen molar-refractivity contribution >= 4 is 46.3 Å². The van der Waals surface area contributed by atoms with Gasteiger partial charge >= 0.3 is 12.0 Å². The highest BCUT2D eigenvalue weighted by atomic mass is 32.1. The van der Waals surface area contributed by atoms with E-state index in [-0.39, 0.29) is 17.5 Å². The summed E-state index contributed by atoms with van der Waals surface area (Å²) in [6.07, 6.45) is 0.540. The second-order valence-electron chi connectivity index (χ2n) is 6.91. The zero-order valence-electron chi connectivity index (χ0n) is 16.3. The summed E-state index contributed by atoms with van der Waals surface area (Å²) in [6, 6.07) is 12.6. The van der Waals surface area contributed by atoms with Crippen LogP contribution < -0.4 is 16.4 Å². The van der Waals surface area contributed by atoms with E-state index in [9.17, 15) is 14.4 Å². The van der Waals surface area contributed by atoms with E-state index in [0.717, 1.165) is 10.6 Å². The molecule has 0 aliphatic carbocycles. The highest BCUT2D eigenvalue weighted by molar-refractivity contribution is 7.13. The molecule has 1 aliphatic rings. The highest BCUT2D eigenvalue weighted by Gasteiger charge is 2.26. The Hall–Kier alpha value is -3.92. The van der Waals surface area contributed by atoms with E-state index in [1.54, 1.807) is 41.3 Å². The number of fused-ring (bicyclic) bond motifs is 1. The summed E-state index contributed by atoms with van der Waals surface area (Å²) in [5, 5.41) is 14.8. The van der Waals surface area contributed by atoms with Gasteiger partial charge in [0.1, 0.15) is 0 Å². The van der Waals surface area contributed by atoms with Crippen LogP contribution in [0.2, 0.25) is 0 Å². The van der Waals surface area contributed by atoms with E-state index in [4.69, 9.17) is 10.8 Å². The van der Waals surface area contributed by atoms with Crippen molar-refractivity contribution in [3.8, 4) is 0 Å². The number of hydrogen-bond acceptors (Lipinski definition) is 6. The maximum atomic E-state index is 12.6. The minimum absolute atomic E-state index is 0.147. The van der Waals surface area contributed by atoms with Crippen LogP contribution in [0.4, 0.5) is 21.9 Å². The monoisotopic (exact) mass is 437 g/mol. The lowest BCUT2D eigenvalue weighted by atomic mass is 10.2. The van der Waals surface area contributed by atoms with Gasteiger partial charge in [0.15, 0.2) is 5.01 Å². The van der Waals surface area contributed by atoms with E-state index in [2.05, 4.69) is 15.6 Å². The van der Waals surface area contributed by atoms with Gasteiger partial charge in [0.2, 0.25) is 0 Å². The number of urea groups is 1. The number of thiazole rings is 1. The summed E-state index contributed by atoms with van der Waals surface area (Å²) >= 11 is 1.25. The van der Waals surface area contributed by atoms with Crippen LogP contribution >= 0.6 is 11.3 Å². The molecule has 0 saturated carbocycles. The number of carbonyl (C=O) groups is 3. The minimum atomic E-state index is -1.03. The van der Waals surface area contributed by atoms with Gasteiger partial charge in [-0.1, -0.05) is 12.1 Å². The van der Waals surface area contributed by atoms with Gasteiger partial charge in [0.25, 0.3) is 5.91 Å². The molecule has 0 spiro atoms. The lowest BCUT2D eigenvalue weighted by Crippen LogP contribution is -2.38. The van der Waals surface area contributed by atoms with Crippen molar-refractivity contribution in [1.82, 2.24) is 9.88 Å². The van der Waals surface area contributed by atoms with Crippen molar-refractivity contribution in [2.75, 3.05) is 22.9 Å². The van der Waals surface area contributed by atoms with Gasteiger partial charge in [-0.05, 0) is 36.4 Å². The summed E-state index contributed by atoms with van der Waals surface area (Å²) in [5.41, 5.74) is 8.33. The average molecular weight is 437 g/mol. The minimum Gasteiger partial charge on any atom is -0.478 e. The Bertz CT molecular complexity index is 1160. The number of nitrogens with two attached hydrogens (primary N) is 1. The van der Waals surface area contributed by atoms with Gasteiger partial charge < -0.3 is 26.4 Å². The molecule has 4 rings (SSSR count). The molecule has 158 valence electrons. The molecule has 0 atom stereocenters. The van der Waals surface area contributed by atoms with Crippen LogP contribution in [-0.4, -0.2) is 39.4 Å². The third-order valence-electron chi connectivity index (χ3n) is 4.80. The molecule has 2 aromatic carbocycles. The smallest absolute Gasteiger partial charge is 0.335 e. The van der Waals surface area contributed by atoms with Crippen LogP contribution in [0.5, 0.6) is 0 Å². The molecule has 5 N–H and O–H groups in total. The number of hydrogen-bond donors (Lipinski definition) is 4. The summed E-state index contributed by atoms with van der Waals surface area (Å²) in [6.45, 7) is 0.801. The molecule has 0 unspecified atom stereocenters. The quantitative estimate of drug-likeness (QED) is 0.462. The van der Waals surface area contributed by atoms with Crippen LogP contribution in [0.1, 0.15) is 30.7 Å². The lowest BCUT2D eigenvalue weighted by molar-refractivity contribution is 0.0696. The van der Waals surface area contributed by atoms with Gasteiger partial charge in [-0.15, -0.1) is 11.3 Å². The maximum absolute atomic E-state index is 12.6. The first kappa shape index (κ1) is 20.4. The lowest BCUT2D eigenvalue weighted by Gasteiger charge is -2.26. The standard InChI is InChI=1S/C21H19N5O4S/c22-14-3-1-2-4-15(14)24-18(27)19-25-16-9-10-26(11-17(16)31-19)21(30)23-13-7-5-12(6-8-13)20(28)29/h1-8H,9-11,22H2,(H,23,30)(H,24,27)(H,28,29). The first-order valence-corrected chi connectivity index (χ1v) is 10.3. The molecule has 1 aromatic heterocycles. The summed E-state index contributed by atoms with van der Waals surface area (Å²) < 4.78 is 0. The fraction of sp³-hybridized carbons (Fsp3) is 0.143. The van der Waals surface area contributed by atoms with E-state index in [0.29, 0.717) is 41.6 Å². The number of nitrogens with zero attached hydrogens (tertiary/aromatic N) is 2. The number of carbonyl (C=O) groups excluding carboxylic acids is 2. The Morgan fingerprint density at radius 1 is 1.06 bits per heavy atom. The SMILES string of the molecule is Nc1ccccc1NC(=O)c1nc2c(s1)CN(C(=O)Nc1ccc(C(=O)O)cc1)CC2. The number of para-hydroxylation sites is 2. The van der Waals surface area contributed by atoms with Gasteiger partial charge in [0.05, 0.1) is 29.2 Å². The molecule has 1 aliphatic heterocycles. The predicted octanol–water partition coefficient (Wildman–Crippen LogP) is 3.27. The first-order valence-electron chi connectivity index (χ1n) is 9.44. The number of amides is 3. The normalized spacial score (nSPS) is 12.7. The fourth-order valence-corrected chi connectivity index (χ4v) is 4.17. The van der Waals surface area contributed by atoms with Crippen LogP contribution in [0.25, 0.3) is 0 Å². The molecule has 3 aromatic rings. The van der Waals surface area contributed by atoms with Gasteiger partial charge in [-0.2, -0.15) is 0 Å². The molecular formula is C21H19N5O4S. The zero-order chi connectivity index (χ0) is 22.0. The Kier molecular flexibility index (Phi) is 5.54. The van der Waals surface area contributed by atoms with Crippen molar-refractivity contribution in [2.24, 2.45) is 0 Å². The number of nitrogens with one attached hydrogen (secondary N) is 2. The van der Waals surface area contributed by atoms with Crippen LogP contribution in [-0.2, 0) is 13.0 Å². The second-order valence-corrected chi connectivity index (χ2v) is 8.00. The Balaban J connectivity index is 1.41. The molecule has 0 radical (unpaired) electrons. The summed E-state index contributed by atoms with van der Waals surface area (Å²) in [7, 11) is 0. The van der Waals surface area contributed by atoms with E-state index in [1.165, 1.54) is 23.5 Å². The number of aromatic carboxylic acids is 1. The Morgan fingerprint density at radius 3 is 2.52 bits per heavy atom. The van der Waals surface area contributed by atoms with Crippen molar-refractivity contribution < 1.29 is 19.5 Å². The Morgan fingerprint density at radius 2 is 1.81 bits per heavy atom. The van der Waals surface area contributed by atoms with Crippen molar-refractivity contribution in [3.63, 3.8) is 0 Å². The highest BCUT2D eigenvalue weighted by Crippen LogP contribution is 2.27.